The zero-order valence-corrected chi connectivity index (χ0v) is 13.4. The molecule has 0 aromatic heterocycles. The summed E-state index contributed by atoms with van der Waals surface area (Å²) >= 11 is 6.04. The highest BCUT2D eigenvalue weighted by Crippen LogP contribution is 2.35. The molecule has 0 fully saturated rings. The maximum atomic E-state index is 13.1. The second-order valence-electron chi connectivity index (χ2n) is 4.56. The molecule has 1 N–H and O–H groups in total. The van der Waals surface area contributed by atoms with Crippen LogP contribution in [0, 0.1) is 5.82 Å². The number of anilines is 1. The summed E-state index contributed by atoms with van der Waals surface area (Å²) in [6.07, 6.45) is 2.81. The quantitative estimate of drug-likeness (QED) is 0.835. The van der Waals surface area contributed by atoms with Crippen molar-refractivity contribution in [2.75, 3.05) is 19.5 Å². The Balaban J connectivity index is 2.15. The Morgan fingerprint density at radius 2 is 1.91 bits per heavy atom. The fourth-order valence-electron chi connectivity index (χ4n) is 1.91. The molecule has 2 aromatic rings. The SMILES string of the molecule is COc1cc(OC)c(NC(=O)/C=C/c2cccc(F)c2)cc1Cl. The molecule has 0 spiro atoms. The van der Waals surface area contributed by atoms with Crippen LogP contribution in [0.5, 0.6) is 11.5 Å². The summed E-state index contributed by atoms with van der Waals surface area (Å²) in [6, 6.07) is 9.04. The molecule has 0 bridgehead atoms. The standard InChI is InChI=1S/C17H15ClFNO3/c1-22-15-10-16(23-2)14(9-13(15)18)20-17(21)7-6-11-4-3-5-12(19)8-11/h3-10H,1-2H3,(H,20,21)/b7-6+. The van der Waals surface area contributed by atoms with Gasteiger partial charge in [0, 0.05) is 12.1 Å². The molecule has 0 heterocycles. The minimum absolute atomic E-state index is 0.345. The van der Waals surface area contributed by atoms with E-state index in [0.29, 0.717) is 27.8 Å². The van der Waals surface area contributed by atoms with Gasteiger partial charge >= 0.3 is 0 Å². The van der Waals surface area contributed by atoms with Crippen LogP contribution in [0.1, 0.15) is 5.56 Å². The molecule has 0 saturated carbocycles. The highest BCUT2D eigenvalue weighted by atomic mass is 35.5. The van der Waals surface area contributed by atoms with Gasteiger partial charge in [0.25, 0.3) is 0 Å². The van der Waals surface area contributed by atoms with Crippen LogP contribution in [-0.2, 0) is 4.79 Å². The Hall–Kier alpha value is -2.53. The molecule has 23 heavy (non-hydrogen) atoms. The molecule has 120 valence electrons. The number of halogens is 2. The van der Waals surface area contributed by atoms with E-state index in [1.807, 2.05) is 0 Å². The normalized spacial score (nSPS) is 10.6. The van der Waals surface area contributed by atoms with Crippen molar-refractivity contribution in [1.29, 1.82) is 0 Å². The molecule has 6 heteroatoms. The zero-order chi connectivity index (χ0) is 16.8. The number of carbonyl (C=O) groups is 1. The van der Waals surface area contributed by atoms with E-state index in [-0.39, 0.29) is 5.82 Å². The summed E-state index contributed by atoms with van der Waals surface area (Å²) in [4.78, 5) is 12.0. The van der Waals surface area contributed by atoms with Gasteiger partial charge in [-0.3, -0.25) is 4.79 Å². The highest BCUT2D eigenvalue weighted by Gasteiger charge is 2.11. The Bertz CT molecular complexity index is 747. The van der Waals surface area contributed by atoms with E-state index in [4.69, 9.17) is 21.1 Å². The Kier molecular flexibility index (Phi) is 5.60. The molecular weight excluding hydrogens is 321 g/mol. The number of ether oxygens (including phenoxy) is 2. The number of nitrogens with one attached hydrogen (secondary N) is 1. The van der Waals surface area contributed by atoms with Crippen molar-refractivity contribution in [3.05, 3.63) is 58.9 Å². The molecule has 0 aliphatic rings. The van der Waals surface area contributed by atoms with E-state index in [2.05, 4.69) is 5.32 Å². The first kappa shape index (κ1) is 16.8. The number of hydrogen-bond acceptors (Lipinski definition) is 3. The highest BCUT2D eigenvalue weighted by molar-refractivity contribution is 6.32. The third-order valence-electron chi connectivity index (χ3n) is 3.01. The first-order valence-electron chi connectivity index (χ1n) is 6.69. The molecular formula is C17H15ClFNO3. The molecule has 2 aromatic carbocycles. The summed E-state index contributed by atoms with van der Waals surface area (Å²) in [6.45, 7) is 0. The van der Waals surface area contributed by atoms with E-state index in [1.165, 1.54) is 44.6 Å². The summed E-state index contributed by atoms with van der Waals surface area (Å²) in [5.41, 5.74) is 0.993. The van der Waals surface area contributed by atoms with Gasteiger partial charge in [-0.25, -0.2) is 4.39 Å². The zero-order valence-electron chi connectivity index (χ0n) is 12.6. The van der Waals surface area contributed by atoms with Crippen molar-refractivity contribution in [1.82, 2.24) is 0 Å². The van der Waals surface area contributed by atoms with Gasteiger partial charge in [-0.05, 0) is 29.8 Å². The third kappa shape index (κ3) is 4.47. The molecule has 0 atom stereocenters. The van der Waals surface area contributed by atoms with Crippen LogP contribution in [-0.4, -0.2) is 20.1 Å². The predicted molar refractivity (Wildman–Crippen MR) is 88.6 cm³/mol. The summed E-state index contributed by atoms with van der Waals surface area (Å²) in [7, 11) is 2.96. The number of methoxy groups -OCH3 is 2. The molecule has 0 saturated heterocycles. The lowest BCUT2D eigenvalue weighted by Crippen LogP contribution is -2.09. The molecule has 0 radical (unpaired) electrons. The lowest BCUT2D eigenvalue weighted by molar-refractivity contribution is -0.111. The molecule has 0 unspecified atom stereocenters. The van der Waals surface area contributed by atoms with E-state index < -0.39 is 5.91 Å². The maximum Gasteiger partial charge on any atom is 0.248 e. The Morgan fingerprint density at radius 3 is 2.57 bits per heavy atom. The van der Waals surface area contributed by atoms with E-state index in [1.54, 1.807) is 18.2 Å². The lowest BCUT2D eigenvalue weighted by atomic mass is 10.2. The van der Waals surface area contributed by atoms with Crippen molar-refractivity contribution < 1.29 is 18.7 Å². The first-order valence-corrected chi connectivity index (χ1v) is 7.07. The van der Waals surface area contributed by atoms with Gasteiger partial charge < -0.3 is 14.8 Å². The molecule has 2 rings (SSSR count). The van der Waals surface area contributed by atoms with Crippen molar-refractivity contribution in [3.8, 4) is 11.5 Å². The van der Waals surface area contributed by atoms with E-state index >= 15 is 0 Å². The first-order chi connectivity index (χ1) is 11.0. The van der Waals surface area contributed by atoms with Gasteiger partial charge in [0.1, 0.15) is 17.3 Å². The monoisotopic (exact) mass is 335 g/mol. The summed E-state index contributed by atoms with van der Waals surface area (Å²) in [5, 5.41) is 3.00. The van der Waals surface area contributed by atoms with Gasteiger partial charge in [0.05, 0.1) is 24.9 Å². The van der Waals surface area contributed by atoms with Crippen LogP contribution >= 0.6 is 11.6 Å². The van der Waals surface area contributed by atoms with Crippen LogP contribution in [0.4, 0.5) is 10.1 Å². The molecule has 0 aliphatic carbocycles. The Labute approximate surface area is 138 Å². The average molecular weight is 336 g/mol. The Morgan fingerprint density at radius 1 is 1.17 bits per heavy atom. The van der Waals surface area contributed by atoms with Gasteiger partial charge in [-0.2, -0.15) is 0 Å². The van der Waals surface area contributed by atoms with Gasteiger partial charge in [0.15, 0.2) is 0 Å². The molecule has 0 aliphatic heterocycles. The van der Waals surface area contributed by atoms with Gasteiger partial charge in [0.2, 0.25) is 5.91 Å². The minimum atomic E-state index is -0.395. The smallest absolute Gasteiger partial charge is 0.248 e. The maximum absolute atomic E-state index is 13.1. The predicted octanol–water partition coefficient (Wildman–Crippen LogP) is 4.15. The van der Waals surface area contributed by atoms with Crippen molar-refractivity contribution in [2.24, 2.45) is 0 Å². The number of hydrogen-bond donors (Lipinski definition) is 1. The van der Waals surface area contributed by atoms with Gasteiger partial charge in [-0.1, -0.05) is 23.7 Å². The van der Waals surface area contributed by atoms with E-state index in [9.17, 15) is 9.18 Å². The van der Waals surface area contributed by atoms with Crippen LogP contribution in [0.3, 0.4) is 0 Å². The minimum Gasteiger partial charge on any atom is -0.495 e. The molecule has 1 amide bonds. The largest absolute Gasteiger partial charge is 0.495 e. The third-order valence-corrected chi connectivity index (χ3v) is 3.30. The lowest BCUT2D eigenvalue weighted by Gasteiger charge is -2.12. The number of benzene rings is 2. The topological polar surface area (TPSA) is 47.6 Å². The number of carbonyl (C=O) groups excluding carboxylic acids is 1. The fraction of sp³-hybridized carbons (Fsp3) is 0.118. The van der Waals surface area contributed by atoms with Crippen LogP contribution in [0.15, 0.2) is 42.5 Å². The summed E-state index contributed by atoms with van der Waals surface area (Å²) in [5.74, 6) is 0.0977. The molecule has 4 nitrogen and oxygen atoms in total. The number of amides is 1. The van der Waals surface area contributed by atoms with E-state index in [0.717, 1.165) is 0 Å². The second kappa shape index (κ2) is 7.65. The summed E-state index contributed by atoms with van der Waals surface area (Å²) < 4.78 is 23.4. The van der Waals surface area contributed by atoms with Crippen molar-refractivity contribution in [2.45, 2.75) is 0 Å². The fourth-order valence-corrected chi connectivity index (χ4v) is 2.16. The second-order valence-corrected chi connectivity index (χ2v) is 4.97. The van der Waals surface area contributed by atoms with Crippen molar-refractivity contribution in [3.63, 3.8) is 0 Å². The van der Waals surface area contributed by atoms with Gasteiger partial charge in [-0.15, -0.1) is 0 Å². The van der Waals surface area contributed by atoms with Crippen LogP contribution in [0.25, 0.3) is 6.08 Å². The van der Waals surface area contributed by atoms with Crippen molar-refractivity contribution >= 4 is 29.3 Å². The number of rotatable bonds is 5. The van der Waals surface area contributed by atoms with Crippen LogP contribution in [0.2, 0.25) is 5.02 Å². The average Bonchev–Trinajstić information content (AvgIpc) is 2.53. The van der Waals surface area contributed by atoms with Crippen LogP contribution < -0.4 is 14.8 Å².